The highest BCUT2D eigenvalue weighted by molar-refractivity contribution is 6.33. The molecule has 3 rings (SSSR count). The number of para-hydroxylation sites is 1. The lowest BCUT2D eigenvalue weighted by molar-refractivity contribution is 0.0600. The molecule has 0 aliphatic carbocycles. The number of hydrogen-bond donors (Lipinski definition) is 1. The lowest BCUT2D eigenvalue weighted by Gasteiger charge is -2.36. The Hall–Kier alpha value is -2.73. The van der Waals surface area contributed by atoms with Gasteiger partial charge in [-0.05, 0) is 36.4 Å². The molecular formula is C19H20ClN3O3. The predicted octanol–water partition coefficient (Wildman–Crippen LogP) is 3.48. The van der Waals surface area contributed by atoms with Gasteiger partial charge < -0.3 is 19.9 Å². The highest BCUT2D eigenvalue weighted by Crippen LogP contribution is 2.22. The Morgan fingerprint density at radius 2 is 1.65 bits per heavy atom. The quantitative estimate of drug-likeness (QED) is 0.837. The van der Waals surface area contributed by atoms with Crippen LogP contribution in [-0.2, 0) is 4.74 Å². The van der Waals surface area contributed by atoms with Gasteiger partial charge in [0.25, 0.3) is 0 Å². The van der Waals surface area contributed by atoms with E-state index in [4.69, 9.17) is 16.3 Å². The third-order valence-corrected chi connectivity index (χ3v) is 4.67. The molecule has 2 aromatic carbocycles. The number of halogens is 1. The summed E-state index contributed by atoms with van der Waals surface area (Å²) in [5, 5.41) is 3.36. The zero-order valence-corrected chi connectivity index (χ0v) is 15.2. The van der Waals surface area contributed by atoms with Crippen molar-refractivity contribution in [3.8, 4) is 0 Å². The summed E-state index contributed by atoms with van der Waals surface area (Å²) in [7, 11) is 1.36. The number of anilines is 2. The summed E-state index contributed by atoms with van der Waals surface area (Å²) in [6.07, 6.45) is 0. The van der Waals surface area contributed by atoms with E-state index in [-0.39, 0.29) is 12.0 Å². The number of rotatable bonds is 3. The van der Waals surface area contributed by atoms with Gasteiger partial charge >= 0.3 is 12.0 Å². The number of esters is 1. The van der Waals surface area contributed by atoms with Crippen LogP contribution in [0, 0.1) is 0 Å². The molecule has 1 heterocycles. The Morgan fingerprint density at radius 1 is 1.00 bits per heavy atom. The minimum Gasteiger partial charge on any atom is -0.465 e. The average molecular weight is 374 g/mol. The summed E-state index contributed by atoms with van der Waals surface area (Å²) in [6.45, 7) is 2.64. The number of amides is 2. The van der Waals surface area contributed by atoms with E-state index in [9.17, 15) is 9.59 Å². The number of piperazine rings is 1. The van der Waals surface area contributed by atoms with Gasteiger partial charge in [0.1, 0.15) is 0 Å². The van der Waals surface area contributed by atoms with Crippen molar-refractivity contribution in [3.63, 3.8) is 0 Å². The second kappa shape index (κ2) is 8.10. The van der Waals surface area contributed by atoms with Crippen molar-refractivity contribution >= 4 is 35.0 Å². The SMILES string of the molecule is COC(=O)c1ccc(N2CCN(C(=O)Nc3ccccc3Cl)CC2)cc1. The van der Waals surface area contributed by atoms with Crippen LogP contribution < -0.4 is 10.2 Å². The van der Waals surface area contributed by atoms with E-state index >= 15 is 0 Å². The van der Waals surface area contributed by atoms with Crippen LogP contribution in [0.15, 0.2) is 48.5 Å². The van der Waals surface area contributed by atoms with Crippen molar-refractivity contribution in [3.05, 3.63) is 59.1 Å². The molecule has 1 N–H and O–H groups in total. The standard InChI is InChI=1S/C19H20ClN3O3/c1-26-18(24)14-6-8-15(9-7-14)22-10-12-23(13-11-22)19(25)21-17-5-3-2-4-16(17)20/h2-9H,10-13H2,1H3,(H,21,25). The van der Waals surface area contributed by atoms with Gasteiger partial charge in [-0.3, -0.25) is 0 Å². The van der Waals surface area contributed by atoms with E-state index < -0.39 is 0 Å². The number of nitrogens with zero attached hydrogens (tertiary/aromatic N) is 2. The second-order valence-corrected chi connectivity index (χ2v) is 6.33. The third-order valence-electron chi connectivity index (χ3n) is 4.34. The maximum Gasteiger partial charge on any atom is 0.337 e. The summed E-state index contributed by atoms with van der Waals surface area (Å²) in [5.41, 5.74) is 2.15. The Kier molecular flexibility index (Phi) is 5.63. The van der Waals surface area contributed by atoms with Gasteiger partial charge in [0.15, 0.2) is 0 Å². The van der Waals surface area contributed by atoms with Crippen LogP contribution in [0.3, 0.4) is 0 Å². The zero-order valence-electron chi connectivity index (χ0n) is 14.4. The van der Waals surface area contributed by atoms with Gasteiger partial charge in [-0.1, -0.05) is 23.7 Å². The number of carbonyl (C=O) groups excluding carboxylic acids is 2. The number of carbonyl (C=O) groups is 2. The number of hydrogen-bond acceptors (Lipinski definition) is 4. The molecule has 136 valence electrons. The van der Waals surface area contributed by atoms with Crippen molar-refractivity contribution in [2.45, 2.75) is 0 Å². The average Bonchev–Trinajstić information content (AvgIpc) is 2.69. The van der Waals surface area contributed by atoms with Crippen LogP contribution in [-0.4, -0.2) is 50.2 Å². The normalized spacial score (nSPS) is 14.1. The lowest BCUT2D eigenvalue weighted by atomic mass is 10.2. The van der Waals surface area contributed by atoms with Gasteiger partial charge in [-0.2, -0.15) is 0 Å². The van der Waals surface area contributed by atoms with Crippen molar-refractivity contribution in [2.75, 3.05) is 43.5 Å². The number of benzene rings is 2. The topological polar surface area (TPSA) is 61.9 Å². The number of ether oxygens (including phenoxy) is 1. The molecule has 1 saturated heterocycles. The van der Waals surface area contributed by atoms with Crippen molar-refractivity contribution in [1.29, 1.82) is 0 Å². The molecule has 6 nitrogen and oxygen atoms in total. The maximum absolute atomic E-state index is 12.4. The first-order valence-electron chi connectivity index (χ1n) is 8.32. The Balaban J connectivity index is 1.56. The molecule has 0 spiro atoms. The monoisotopic (exact) mass is 373 g/mol. The Labute approximate surface area is 157 Å². The first-order chi connectivity index (χ1) is 12.6. The molecule has 2 amide bonds. The molecule has 0 saturated carbocycles. The maximum atomic E-state index is 12.4. The van der Waals surface area contributed by atoms with Crippen LogP contribution in [0.2, 0.25) is 5.02 Å². The zero-order chi connectivity index (χ0) is 18.5. The van der Waals surface area contributed by atoms with Crippen molar-refractivity contribution < 1.29 is 14.3 Å². The molecule has 1 aliphatic heterocycles. The molecule has 26 heavy (non-hydrogen) atoms. The van der Waals surface area contributed by atoms with Gasteiger partial charge in [-0.25, -0.2) is 9.59 Å². The minimum absolute atomic E-state index is 0.154. The van der Waals surface area contributed by atoms with Crippen LogP contribution in [0.5, 0.6) is 0 Å². The smallest absolute Gasteiger partial charge is 0.337 e. The Bertz CT molecular complexity index is 787. The third kappa shape index (κ3) is 4.08. The fourth-order valence-electron chi connectivity index (χ4n) is 2.85. The summed E-state index contributed by atoms with van der Waals surface area (Å²) in [4.78, 5) is 27.8. The first-order valence-corrected chi connectivity index (χ1v) is 8.70. The van der Waals surface area contributed by atoms with E-state index in [0.717, 1.165) is 5.69 Å². The highest BCUT2D eigenvalue weighted by Gasteiger charge is 2.22. The molecule has 2 aromatic rings. The van der Waals surface area contributed by atoms with Gasteiger partial charge in [0.2, 0.25) is 0 Å². The van der Waals surface area contributed by atoms with Gasteiger partial charge in [0.05, 0.1) is 23.4 Å². The lowest BCUT2D eigenvalue weighted by Crippen LogP contribution is -2.50. The minimum atomic E-state index is -0.349. The van der Waals surface area contributed by atoms with E-state index in [1.165, 1.54) is 7.11 Å². The summed E-state index contributed by atoms with van der Waals surface area (Å²) in [5.74, 6) is -0.349. The van der Waals surface area contributed by atoms with E-state index in [2.05, 4.69) is 10.2 Å². The number of nitrogens with one attached hydrogen (secondary N) is 1. The fourth-order valence-corrected chi connectivity index (χ4v) is 3.03. The van der Waals surface area contributed by atoms with Crippen LogP contribution >= 0.6 is 11.6 Å². The van der Waals surface area contributed by atoms with Crippen LogP contribution in [0.1, 0.15) is 10.4 Å². The fraction of sp³-hybridized carbons (Fsp3) is 0.263. The highest BCUT2D eigenvalue weighted by atomic mass is 35.5. The summed E-state index contributed by atoms with van der Waals surface area (Å²) in [6, 6.07) is 14.3. The molecule has 1 aliphatic rings. The van der Waals surface area contributed by atoms with Gasteiger partial charge in [0, 0.05) is 31.9 Å². The summed E-state index contributed by atoms with van der Waals surface area (Å²) < 4.78 is 4.71. The molecule has 7 heteroatoms. The van der Waals surface area contributed by atoms with Crippen LogP contribution in [0.4, 0.5) is 16.2 Å². The van der Waals surface area contributed by atoms with Crippen LogP contribution in [0.25, 0.3) is 0 Å². The molecular weight excluding hydrogens is 354 g/mol. The van der Waals surface area contributed by atoms with E-state index in [1.807, 2.05) is 24.3 Å². The molecule has 0 radical (unpaired) electrons. The van der Waals surface area contributed by atoms with Crippen molar-refractivity contribution in [1.82, 2.24) is 4.90 Å². The second-order valence-electron chi connectivity index (χ2n) is 5.92. The Morgan fingerprint density at radius 3 is 2.27 bits per heavy atom. The predicted molar refractivity (Wildman–Crippen MR) is 102 cm³/mol. The van der Waals surface area contributed by atoms with Crippen molar-refractivity contribution in [2.24, 2.45) is 0 Å². The van der Waals surface area contributed by atoms with E-state index in [1.54, 1.807) is 29.2 Å². The molecule has 0 unspecified atom stereocenters. The summed E-state index contributed by atoms with van der Waals surface area (Å²) >= 11 is 6.08. The largest absolute Gasteiger partial charge is 0.465 e. The van der Waals surface area contributed by atoms with Gasteiger partial charge in [-0.15, -0.1) is 0 Å². The first kappa shape index (κ1) is 18.1. The molecule has 0 atom stereocenters. The molecule has 0 aromatic heterocycles. The molecule has 0 bridgehead atoms. The van der Waals surface area contributed by atoms with E-state index in [0.29, 0.717) is 42.5 Å². The number of urea groups is 1. The molecule has 1 fully saturated rings. The number of methoxy groups -OCH3 is 1.